The number of fused-ring (bicyclic) bond motifs is 1. The van der Waals surface area contributed by atoms with Crippen LogP contribution < -0.4 is 5.73 Å². The second-order valence-corrected chi connectivity index (χ2v) is 5.18. The Kier molecular flexibility index (Phi) is 3.25. The molecule has 0 spiro atoms. The van der Waals surface area contributed by atoms with E-state index in [0.717, 1.165) is 12.8 Å². The molecule has 0 fully saturated rings. The van der Waals surface area contributed by atoms with Gasteiger partial charge in [0, 0.05) is 24.7 Å². The van der Waals surface area contributed by atoms with Gasteiger partial charge in [-0.05, 0) is 50.3 Å². The summed E-state index contributed by atoms with van der Waals surface area (Å²) in [5.74, 6) is 0. The van der Waals surface area contributed by atoms with E-state index in [4.69, 9.17) is 5.73 Å². The maximum atomic E-state index is 5.84. The van der Waals surface area contributed by atoms with Crippen LogP contribution in [0.2, 0.25) is 0 Å². The highest BCUT2D eigenvalue weighted by molar-refractivity contribution is 5.87. The van der Waals surface area contributed by atoms with Crippen LogP contribution in [0.4, 0.5) is 0 Å². The molecule has 0 amide bonds. The highest BCUT2D eigenvalue weighted by Gasteiger charge is 2.10. The summed E-state index contributed by atoms with van der Waals surface area (Å²) in [6, 6.07) is 4.73. The second kappa shape index (κ2) is 4.53. The maximum absolute atomic E-state index is 5.84. The smallest absolute Gasteiger partial charge is 0.0512 e. The zero-order valence-electron chi connectivity index (χ0n) is 11.2. The van der Waals surface area contributed by atoms with Crippen LogP contribution in [0.15, 0.2) is 18.3 Å². The third kappa shape index (κ3) is 2.22. The number of benzene rings is 1. The zero-order chi connectivity index (χ0) is 12.6. The van der Waals surface area contributed by atoms with Gasteiger partial charge in [-0.3, -0.25) is 0 Å². The van der Waals surface area contributed by atoms with Gasteiger partial charge in [-0.1, -0.05) is 12.1 Å². The van der Waals surface area contributed by atoms with E-state index < -0.39 is 0 Å². The summed E-state index contributed by atoms with van der Waals surface area (Å²) in [7, 11) is 2.13. The third-order valence-electron chi connectivity index (χ3n) is 3.62. The third-order valence-corrected chi connectivity index (χ3v) is 3.62. The van der Waals surface area contributed by atoms with Crippen molar-refractivity contribution < 1.29 is 0 Å². The Balaban J connectivity index is 2.49. The molecule has 0 saturated heterocycles. The fourth-order valence-electron chi connectivity index (χ4n) is 2.46. The zero-order valence-corrected chi connectivity index (χ0v) is 11.2. The molecule has 1 atom stereocenters. The normalized spacial score (nSPS) is 13.2. The predicted octanol–water partition coefficient (Wildman–Crippen LogP) is 3.07. The van der Waals surface area contributed by atoms with Gasteiger partial charge in [-0.2, -0.15) is 0 Å². The summed E-state index contributed by atoms with van der Waals surface area (Å²) in [5.41, 5.74) is 11.4. The van der Waals surface area contributed by atoms with Crippen LogP contribution in [0, 0.1) is 13.8 Å². The summed E-state index contributed by atoms with van der Waals surface area (Å²) in [6.45, 7) is 6.44. The van der Waals surface area contributed by atoms with Gasteiger partial charge < -0.3 is 10.3 Å². The molecule has 0 aliphatic rings. The van der Waals surface area contributed by atoms with Crippen LogP contribution in [0.3, 0.4) is 0 Å². The molecule has 1 heterocycles. The van der Waals surface area contributed by atoms with Gasteiger partial charge in [0.25, 0.3) is 0 Å². The Labute approximate surface area is 103 Å². The Morgan fingerprint density at radius 1 is 1.29 bits per heavy atom. The summed E-state index contributed by atoms with van der Waals surface area (Å²) in [6.07, 6.45) is 4.36. The van der Waals surface area contributed by atoms with E-state index >= 15 is 0 Å². The van der Waals surface area contributed by atoms with Gasteiger partial charge in [0.15, 0.2) is 0 Å². The van der Waals surface area contributed by atoms with Gasteiger partial charge in [0.1, 0.15) is 0 Å². The number of aryl methyl sites for hydroxylation is 4. The van der Waals surface area contributed by atoms with Crippen LogP contribution in [0.25, 0.3) is 10.9 Å². The standard InChI is InChI=1S/C15H22N2/c1-10-5-8-14-13(7-6-11(2)16)9-17(4)15(14)12(10)3/h5,8-9,11H,6-7,16H2,1-4H3. The Hall–Kier alpha value is -1.28. The molecular weight excluding hydrogens is 208 g/mol. The first-order valence-electron chi connectivity index (χ1n) is 6.30. The van der Waals surface area contributed by atoms with Gasteiger partial charge in [-0.25, -0.2) is 0 Å². The Bertz CT molecular complexity index is 535. The highest BCUT2D eigenvalue weighted by Crippen LogP contribution is 2.26. The molecule has 1 unspecified atom stereocenters. The SMILES string of the molecule is Cc1ccc2c(CCC(C)N)cn(C)c2c1C. The van der Waals surface area contributed by atoms with E-state index in [2.05, 4.69) is 50.7 Å². The summed E-state index contributed by atoms with van der Waals surface area (Å²) < 4.78 is 2.24. The van der Waals surface area contributed by atoms with Crippen molar-refractivity contribution in [3.63, 3.8) is 0 Å². The first-order chi connectivity index (χ1) is 8.00. The van der Waals surface area contributed by atoms with E-state index in [9.17, 15) is 0 Å². The average Bonchev–Trinajstić information content (AvgIpc) is 2.58. The van der Waals surface area contributed by atoms with Crippen molar-refractivity contribution in [2.75, 3.05) is 0 Å². The summed E-state index contributed by atoms with van der Waals surface area (Å²) in [5, 5.41) is 1.39. The molecule has 1 aromatic heterocycles. The van der Waals surface area contributed by atoms with E-state index in [0.29, 0.717) is 0 Å². The molecule has 0 aliphatic heterocycles. The number of hydrogen-bond acceptors (Lipinski definition) is 1. The fraction of sp³-hybridized carbons (Fsp3) is 0.467. The minimum absolute atomic E-state index is 0.275. The second-order valence-electron chi connectivity index (χ2n) is 5.18. The number of nitrogens with zero attached hydrogens (tertiary/aromatic N) is 1. The van der Waals surface area contributed by atoms with Gasteiger partial charge in [0.05, 0.1) is 5.52 Å². The van der Waals surface area contributed by atoms with Crippen LogP contribution >= 0.6 is 0 Å². The lowest BCUT2D eigenvalue weighted by molar-refractivity contribution is 0.667. The quantitative estimate of drug-likeness (QED) is 0.863. The maximum Gasteiger partial charge on any atom is 0.0512 e. The minimum Gasteiger partial charge on any atom is -0.350 e. The van der Waals surface area contributed by atoms with Crippen LogP contribution in [0.5, 0.6) is 0 Å². The summed E-state index contributed by atoms with van der Waals surface area (Å²) in [4.78, 5) is 0. The van der Waals surface area contributed by atoms with E-state index in [1.54, 1.807) is 0 Å². The molecular formula is C15H22N2. The van der Waals surface area contributed by atoms with Gasteiger partial charge in [-0.15, -0.1) is 0 Å². The van der Waals surface area contributed by atoms with Crippen molar-refractivity contribution in [3.8, 4) is 0 Å². The van der Waals surface area contributed by atoms with Crippen molar-refractivity contribution in [1.29, 1.82) is 0 Å². The fourth-order valence-corrected chi connectivity index (χ4v) is 2.46. The van der Waals surface area contributed by atoms with Crippen LogP contribution in [0.1, 0.15) is 30.0 Å². The first kappa shape index (κ1) is 12.2. The van der Waals surface area contributed by atoms with Gasteiger partial charge in [0.2, 0.25) is 0 Å². The molecule has 17 heavy (non-hydrogen) atoms. The monoisotopic (exact) mass is 230 g/mol. The van der Waals surface area contributed by atoms with Crippen molar-refractivity contribution in [1.82, 2.24) is 4.57 Å². The minimum atomic E-state index is 0.275. The van der Waals surface area contributed by atoms with Gasteiger partial charge >= 0.3 is 0 Å². The van der Waals surface area contributed by atoms with Crippen molar-refractivity contribution in [2.45, 2.75) is 39.7 Å². The molecule has 2 nitrogen and oxygen atoms in total. The number of rotatable bonds is 3. The van der Waals surface area contributed by atoms with Crippen LogP contribution in [-0.4, -0.2) is 10.6 Å². The first-order valence-corrected chi connectivity index (χ1v) is 6.30. The topological polar surface area (TPSA) is 30.9 Å². The molecule has 2 aromatic rings. The lowest BCUT2D eigenvalue weighted by Crippen LogP contribution is -2.15. The number of nitrogens with two attached hydrogens (primary N) is 1. The lowest BCUT2D eigenvalue weighted by atomic mass is 10.0. The molecule has 0 radical (unpaired) electrons. The molecule has 0 aliphatic carbocycles. The Morgan fingerprint density at radius 3 is 2.65 bits per heavy atom. The van der Waals surface area contributed by atoms with E-state index in [1.807, 2.05) is 0 Å². The largest absolute Gasteiger partial charge is 0.350 e. The van der Waals surface area contributed by atoms with Crippen molar-refractivity contribution in [2.24, 2.45) is 12.8 Å². The van der Waals surface area contributed by atoms with Crippen molar-refractivity contribution >= 4 is 10.9 Å². The molecule has 0 saturated carbocycles. The van der Waals surface area contributed by atoms with E-state index in [1.165, 1.54) is 27.6 Å². The Morgan fingerprint density at radius 2 is 2.00 bits per heavy atom. The lowest BCUT2D eigenvalue weighted by Gasteiger charge is -2.06. The molecule has 2 heteroatoms. The molecule has 92 valence electrons. The molecule has 2 N–H and O–H groups in total. The molecule has 0 bridgehead atoms. The average molecular weight is 230 g/mol. The summed E-state index contributed by atoms with van der Waals surface area (Å²) >= 11 is 0. The molecule has 2 rings (SSSR count). The highest BCUT2D eigenvalue weighted by atomic mass is 14.9. The van der Waals surface area contributed by atoms with Crippen molar-refractivity contribution in [3.05, 3.63) is 35.0 Å². The van der Waals surface area contributed by atoms with E-state index in [-0.39, 0.29) is 6.04 Å². The predicted molar refractivity (Wildman–Crippen MR) is 74.4 cm³/mol. The number of aromatic nitrogens is 1. The van der Waals surface area contributed by atoms with Crippen LogP contribution in [-0.2, 0) is 13.5 Å². The number of hydrogen-bond donors (Lipinski definition) is 1. The molecule has 1 aromatic carbocycles.